The molecule has 0 saturated heterocycles. The zero-order chi connectivity index (χ0) is 21.8. The largest absolute Gasteiger partial charge is 0.507 e. The topological polar surface area (TPSA) is 46.0 Å². The van der Waals surface area contributed by atoms with Crippen LogP contribution in [0.3, 0.4) is 0 Å². The van der Waals surface area contributed by atoms with Gasteiger partial charge in [0, 0.05) is 44.2 Å². The van der Waals surface area contributed by atoms with Gasteiger partial charge in [-0.05, 0) is 41.8 Å². The molecule has 2 heterocycles. The number of rotatable bonds is 5. The summed E-state index contributed by atoms with van der Waals surface area (Å²) in [6.07, 6.45) is 2.58. The molecule has 0 amide bonds. The Morgan fingerprint density at radius 2 is 1.33 bits per heavy atom. The van der Waals surface area contributed by atoms with Crippen LogP contribution in [0.25, 0.3) is 33.8 Å². The summed E-state index contributed by atoms with van der Waals surface area (Å²) < 4.78 is 0. The Labute approximate surface area is 208 Å². The van der Waals surface area contributed by atoms with Crippen molar-refractivity contribution in [1.29, 1.82) is 0 Å². The first kappa shape index (κ1) is 22.6. The molecule has 0 fully saturated rings. The molecule has 4 heteroatoms. The van der Waals surface area contributed by atoms with E-state index in [1.807, 2.05) is 84.9 Å². The maximum atomic E-state index is 10.6. The van der Waals surface area contributed by atoms with Crippen LogP contribution >= 0.6 is 0 Å². The van der Waals surface area contributed by atoms with Crippen LogP contribution in [0.5, 0.6) is 5.75 Å². The summed E-state index contributed by atoms with van der Waals surface area (Å²) in [5.74, 6) is 0.220. The fourth-order valence-corrected chi connectivity index (χ4v) is 3.75. The summed E-state index contributed by atoms with van der Waals surface area (Å²) in [7, 11) is 0. The molecule has 0 saturated carbocycles. The fraction of sp³-hybridized carbons (Fsp3) is 0.0345. The molecular formula is C29H21N2OPt-. The van der Waals surface area contributed by atoms with E-state index in [1.165, 1.54) is 5.56 Å². The van der Waals surface area contributed by atoms with Gasteiger partial charge in [0.05, 0.1) is 5.69 Å². The maximum absolute atomic E-state index is 10.6. The molecule has 0 aliphatic carbocycles. The summed E-state index contributed by atoms with van der Waals surface area (Å²) in [6.45, 7) is 0. The minimum Gasteiger partial charge on any atom is -0.507 e. The molecule has 3 nitrogen and oxygen atoms in total. The monoisotopic (exact) mass is 608 g/mol. The number of hydrogen-bond acceptors (Lipinski definition) is 3. The van der Waals surface area contributed by atoms with E-state index in [0.29, 0.717) is 0 Å². The molecule has 0 aliphatic heterocycles. The Balaban J connectivity index is 0.00000259. The minimum absolute atomic E-state index is 0. The minimum atomic E-state index is 0. The fourth-order valence-electron chi connectivity index (χ4n) is 3.75. The number of benzene rings is 3. The third-order valence-electron chi connectivity index (χ3n) is 5.35. The molecule has 0 radical (unpaired) electrons. The van der Waals surface area contributed by atoms with Crippen molar-refractivity contribution in [2.24, 2.45) is 0 Å². The third kappa shape index (κ3) is 5.27. The Bertz CT molecular complexity index is 1350. The van der Waals surface area contributed by atoms with E-state index in [4.69, 9.17) is 4.98 Å². The second-order valence-electron chi connectivity index (χ2n) is 7.62. The van der Waals surface area contributed by atoms with Crippen LogP contribution < -0.4 is 0 Å². The molecule has 33 heavy (non-hydrogen) atoms. The van der Waals surface area contributed by atoms with Gasteiger partial charge < -0.3 is 5.11 Å². The predicted octanol–water partition coefficient (Wildman–Crippen LogP) is 6.57. The van der Waals surface area contributed by atoms with Gasteiger partial charge in [-0.1, -0.05) is 71.8 Å². The number of aromatic nitrogens is 2. The molecule has 3 aromatic carbocycles. The maximum Gasteiger partial charge on any atom is 0.124 e. The molecule has 5 aromatic rings. The van der Waals surface area contributed by atoms with Gasteiger partial charge in [-0.25, -0.2) is 0 Å². The van der Waals surface area contributed by atoms with E-state index in [9.17, 15) is 5.11 Å². The van der Waals surface area contributed by atoms with Gasteiger partial charge in [-0.15, -0.1) is 24.3 Å². The van der Waals surface area contributed by atoms with Crippen molar-refractivity contribution in [3.05, 3.63) is 127 Å². The van der Waals surface area contributed by atoms with Crippen molar-refractivity contribution in [3.8, 4) is 39.5 Å². The molecule has 164 valence electrons. The van der Waals surface area contributed by atoms with Crippen molar-refractivity contribution >= 4 is 0 Å². The van der Waals surface area contributed by atoms with Gasteiger partial charge in [-0.3, -0.25) is 9.97 Å². The molecule has 2 aromatic heterocycles. The van der Waals surface area contributed by atoms with Gasteiger partial charge >= 0.3 is 0 Å². The molecule has 0 atom stereocenters. The van der Waals surface area contributed by atoms with Crippen LogP contribution in [0.15, 0.2) is 109 Å². The van der Waals surface area contributed by atoms with E-state index in [-0.39, 0.29) is 26.8 Å². The van der Waals surface area contributed by atoms with Crippen LogP contribution in [0.1, 0.15) is 11.1 Å². The Morgan fingerprint density at radius 3 is 2.12 bits per heavy atom. The summed E-state index contributed by atoms with van der Waals surface area (Å²) in [6, 6.07) is 37.1. The number of phenols is 1. The average Bonchev–Trinajstić information content (AvgIpc) is 2.86. The number of nitrogens with zero attached hydrogens (tertiary/aromatic N) is 2. The van der Waals surface area contributed by atoms with Crippen molar-refractivity contribution in [1.82, 2.24) is 9.97 Å². The Morgan fingerprint density at radius 1 is 0.636 bits per heavy atom. The third-order valence-corrected chi connectivity index (χ3v) is 5.35. The quantitative estimate of drug-likeness (QED) is 0.230. The van der Waals surface area contributed by atoms with Gasteiger partial charge in [0.25, 0.3) is 0 Å². The van der Waals surface area contributed by atoms with Gasteiger partial charge in [0.2, 0.25) is 0 Å². The van der Waals surface area contributed by atoms with Crippen LogP contribution in [-0.2, 0) is 27.5 Å². The Hall–Kier alpha value is -3.55. The van der Waals surface area contributed by atoms with E-state index in [2.05, 4.69) is 23.2 Å². The van der Waals surface area contributed by atoms with Crippen molar-refractivity contribution in [3.63, 3.8) is 0 Å². The van der Waals surface area contributed by atoms with Crippen molar-refractivity contribution in [2.75, 3.05) is 0 Å². The van der Waals surface area contributed by atoms with Crippen molar-refractivity contribution in [2.45, 2.75) is 6.42 Å². The molecule has 1 N–H and O–H groups in total. The second kappa shape index (κ2) is 10.4. The first-order valence-electron chi connectivity index (χ1n) is 10.5. The van der Waals surface area contributed by atoms with Crippen LogP contribution in [0.4, 0.5) is 0 Å². The predicted molar refractivity (Wildman–Crippen MR) is 128 cm³/mol. The average molecular weight is 609 g/mol. The molecule has 0 spiro atoms. The molecule has 0 aliphatic rings. The number of pyridine rings is 2. The summed E-state index contributed by atoms with van der Waals surface area (Å²) in [5.41, 5.74) is 7.28. The number of phenolic OH excluding ortho intramolecular Hbond substituents is 1. The Kier molecular flexibility index (Phi) is 7.12. The smallest absolute Gasteiger partial charge is 0.124 e. The molecule has 0 bridgehead atoms. The van der Waals surface area contributed by atoms with Crippen molar-refractivity contribution < 1.29 is 26.2 Å². The zero-order valence-electron chi connectivity index (χ0n) is 17.8. The molecule has 0 unspecified atom stereocenters. The molecule has 5 rings (SSSR count). The number of aromatic hydroxyl groups is 1. The molecular weight excluding hydrogens is 587 g/mol. The summed E-state index contributed by atoms with van der Waals surface area (Å²) >= 11 is 0. The van der Waals surface area contributed by atoms with Gasteiger partial charge in [-0.2, -0.15) is 0 Å². The normalized spacial score (nSPS) is 10.4. The first-order valence-corrected chi connectivity index (χ1v) is 10.5. The SMILES string of the molecule is Oc1ccc(Cc2ccccc2)cc1-c1cccc(-c2[c-]c(-c3ccccn3)ccc2)n1.[Pt]. The van der Waals surface area contributed by atoms with E-state index in [1.54, 1.807) is 12.3 Å². The van der Waals surface area contributed by atoms with E-state index < -0.39 is 0 Å². The first-order chi connectivity index (χ1) is 15.8. The van der Waals surface area contributed by atoms with Crippen LogP contribution in [-0.4, -0.2) is 15.1 Å². The van der Waals surface area contributed by atoms with E-state index in [0.717, 1.165) is 45.8 Å². The zero-order valence-corrected chi connectivity index (χ0v) is 20.0. The standard InChI is InChI=1S/C29H21N2O.Pt/c32-29-16-15-22(18-21-8-2-1-3-9-21)19-25(29)28-14-7-13-27(31-28)24-11-6-10-23(20-24)26-12-4-5-17-30-26;/h1-17,19,32H,18H2;/q-1;. The number of hydrogen-bond donors (Lipinski definition) is 1. The van der Waals surface area contributed by atoms with Gasteiger partial charge in [0.15, 0.2) is 0 Å². The second-order valence-corrected chi connectivity index (χ2v) is 7.62. The van der Waals surface area contributed by atoms with E-state index >= 15 is 0 Å². The van der Waals surface area contributed by atoms with Crippen LogP contribution in [0.2, 0.25) is 0 Å². The van der Waals surface area contributed by atoms with Crippen LogP contribution in [0, 0.1) is 6.07 Å². The summed E-state index contributed by atoms with van der Waals surface area (Å²) in [5, 5.41) is 10.6. The van der Waals surface area contributed by atoms with Gasteiger partial charge in [0.1, 0.15) is 5.75 Å². The summed E-state index contributed by atoms with van der Waals surface area (Å²) in [4.78, 5) is 9.27.